The van der Waals surface area contributed by atoms with Gasteiger partial charge in [0.1, 0.15) is 5.75 Å². The Bertz CT molecular complexity index is 393. The van der Waals surface area contributed by atoms with Gasteiger partial charge in [0.2, 0.25) is 0 Å². The molecule has 0 aliphatic rings. The van der Waals surface area contributed by atoms with Crippen LogP contribution in [-0.2, 0) is 5.75 Å². The highest BCUT2D eigenvalue weighted by Crippen LogP contribution is 2.26. The molecule has 94 valence electrons. The molecule has 1 rings (SSSR count). The Kier molecular flexibility index (Phi) is 5.51. The molecule has 1 aromatic rings. The predicted molar refractivity (Wildman–Crippen MR) is 72.8 cm³/mol. The Morgan fingerprint density at radius 3 is 2.76 bits per heavy atom. The van der Waals surface area contributed by atoms with Crippen LogP contribution in [0, 0.1) is 0 Å². The second kappa shape index (κ2) is 6.67. The lowest BCUT2D eigenvalue weighted by Crippen LogP contribution is -2.12. The van der Waals surface area contributed by atoms with E-state index in [2.05, 4.69) is 6.92 Å². The van der Waals surface area contributed by atoms with E-state index >= 15 is 0 Å². The van der Waals surface area contributed by atoms with Crippen LogP contribution in [0.3, 0.4) is 0 Å². The van der Waals surface area contributed by atoms with Gasteiger partial charge in [0, 0.05) is 28.7 Å². The summed E-state index contributed by atoms with van der Waals surface area (Å²) < 4.78 is 5.29. The first kappa shape index (κ1) is 14.1. The lowest BCUT2D eigenvalue weighted by molar-refractivity contribution is 0.101. The van der Waals surface area contributed by atoms with E-state index in [9.17, 15) is 4.79 Å². The highest BCUT2D eigenvalue weighted by molar-refractivity contribution is 7.99. The van der Waals surface area contributed by atoms with Crippen LogP contribution < -0.4 is 10.5 Å². The molecule has 0 radical (unpaired) electrons. The fourth-order valence-corrected chi connectivity index (χ4v) is 2.24. The van der Waals surface area contributed by atoms with E-state index in [4.69, 9.17) is 10.5 Å². The van der Waals surface area contributed by atoms with Gasteiger partial charge in [-0.1, -0.05) is 6.92 Å². The number of hydrogen-bond acceptors (Lipinski definition) is 4. The Labute approximate surface area is 107 Å². The van der Waals surface area contributed by atoms with Crippen LogP contribution in [-0.4, -0.2) is 24.7 Å². The van der Waals surface area contributed by atoms with Gasteiger partial charge in [-0.05, 0) is 25.1 Å². The van der Waals surface area contributed by atoms with Crippen molar-refractivity contribution < 1.29 is 9.53 Å². The summed E-state index contributed by atoms with van der Waals surface area (Å²) in [6, 6.07) is 5.54. The van der Waals surface area contributed by atoms with Gasteiger partial charge in [0.25, 0.3) is 0 Å². The summed E-state index contributed by atoms with van der Waals surface area (Å²) in [5, 5.41) is 0.403. The van der Waals surface area contributed by atoms with Gasteiger partial charge >= 0.3 is 0 Å². The molecule has 1 atom stereocenters. The third kappa shape index (κ3) is 4.06. The average Bonchev–Trinajstić information content (AvgIpc) is 2.35. The molecule has 17 heavy (non-hydrogen) atoms. The minimum absolute atomic E-state index is 0.0748. The Morgan fingerprint density at radius 1 is 1.53 bits per heavy atom. The topological polar surface area (TPSA) is 52.3 Å². The van der Waals surface area contributed by atoms with E-state index in [1.807, 2.05) is 12.1 Å². The molecule has 0 aromatic heterocycles. The molecule has 4 heteroatoms. The van der Waals surface area contributed by atoms with E-state index in [0.29, 0.717) is 11.8 Å². The van der Waals surface area contributed by atoms with Gasteiger partial charge in [-0.25, -0.2) is 0 Å². The summed E-state index contributed by atoms with van der Waals surface area (Å²) in [6.07, 6.45) is 0. The van der Waals surface area contributed by atoms with Crippen molar-refractivity contribution in [2.75, 3.05) is 13.7 Å². The zero-order valence-electron chi connectivity index (χ0n) is 10.5. The molecule has 3 nitrogen and oxygen atoms in total. The molecule has 1 unspecified atom stereocenters. The van der Waals surface area contributed by atoms with Crippen molar-refractivity contribution in [2.24, 2.45) is 5.73 Å². The van der Waals surface area contributed by atoms with Crippen LogP contribution in [0.2, 0.25) is 0 Å². The molecular formula is C13H19NO2S. The fourth-order valence-electron chi connectivity index (χ4n) is 1.41. The molecule has 0 spiro atoms. The Morgan fingerprint density at radius 2 is 2.24 bits per heavy atom. The second-order valence-corrected chi connectivity index (χ2v) is 5.37. The van der Waals surface area contributed by atoms with E-state index in [-0.39, 0.29) is 5.78 Å². The van der Waals surface area contributed by atoms with E-state index < -0.39 is 0 Å². The van der Waals surface area contributed by atoms with Crippen LogP contribution in [0.4, 0.5) is 0 Å². The number of methoxy groups -OCH3 is 1. The maximum atomic E-state index is 11.3. The number of carbonyl (C=O) groups excluding carboxylic acids is 1. The number of ketones is 1. The van der Waals surface area contributed by atoms with Crippen molar-refractivity contribution in [1.82, 2.24) is 0 Å². The lowest BCUT2D eigenvalue weighted by atomic mass is 10.1. The molecule has 0 heterocycles. The van der Waals surface area contributed by atoms with Crippen LogP contribution in [0.25, 0.3) is 0 Å². The van der Waals surface area contributed by atoms with Gasteiger partial charge in [0.05, 0.1) is 7.11 Å². The molecule has 0 amide bonds. The minimum Gasteiger partial charge on any atom is -0.496 e. The summed E-state index contributed by atoms with van der Waals surface area (Å²) in [5.41, 5.74) is 7.35. The normalized spacial score (nSPS) is 12.2. The summed E-state index contributed by atoms with van der Waals surface area (Å²) in [6.45, 7) is 4.31. The SMILES string of the molecule is COc1ccc(C(C)=O)cc1CSC(C)CN. The molecule has 0 aliphatic carbocycles. The zero-order valence-corrected chi connectivity index (χ0v) is 11.3. The number of carbonyl (C=O) groups is 1. The first-order chi connectivity index (χ1) is 8.08. The monoisotopic (exact) mass is 253 g/mol. The molecular weight excluding hydrogens is 234 g/mol. The molecule has 0 aliphatic heterocycles. The summed E-state index contributed by atoms with van der Waals surface area (Å²) >= 11 is 1.76. The highest BCUT2D eigenvalue weighted by Gasteiger charge is 2.09. The number of hydrogen-bond donors (Lipinski definition) is 1. The Hall–Kier alpha value is -1.00. The number of ether oxygens (including phenoxy) is 1. The van der Waals surface area contributed by atoms with Gasteiger partial charge in [-0.3, -0.25) is 4.79 Å². The standard InChI is InChI=1S/C13H19NO2S/c1-9(7-14)17-8-12-6-11(10(2)15)4-5-13(12)16-3/h4-6,9H,7-8,14H2,1-3H3. The summed E-state index contributed by atoms with van der Waals surface area (Å²) in [7, 11) is 1.64. The molecule has 0 saturated carbocycles. The predicted octanol–water partition coefficient (Wildman–Crippen LogP) is 2.48. The second-order valence-electron chi connectivity index (χ2n) is 3.94. The van der Waals surface area contributed by atoms with Crippen molar-refractivity contribution in [1.29, 1.82) is 0 Å². The number of rotatable bonds is 6. The van der Waals surface area contributed by atoms with Crippen molar-refractivity contribution in [2.45, 2.75) is 24.9 Å². The van der Waals surface area contributed by atoms with Gasteiger partial charge in [-0.2, -0.15) is 11.8 Å². The minimum atomic E-state index is 0.0748. The third-order valence-corrected chi connectivity index (χ3v) is 3.78. The number of thioether (sulfide) groups is 1. The number of benzene rings is 1. The average molecular weight is 253 g/mol. The first-order valence-corrected chi connectivity index (χ1v) is 6.63. The zero-order chi connectivity index (χ0) is 12.8. The van der Waals surface area contributed by atoms with Gasteiger partial charge in [0.15, 0.2) is 5.78 Å². The maximum Gasteiger partial charge on any atom is 0.159 e. The maximum absolute atomic E-state index is 11.3. The van der Waals surface area contributed by atoms with Crippen molar-refractivity contribution in [3.05, 3.63) is 29.3 Å². The number of nitrogens with two attached hydrogens (primary N) is 1. The molecule has 0 saturated heterocycles. The van der Waals surface area contributed by atoms with Crippen LogP contribution in [0.15, 0.2) is 18.2 Å². The number of Topliss-reactive ketones (excluding diaryl/α,β-unsaturated/α-hetero) is 1. The van der Waals surface area contributed by atoms with E-state index in [1.54, 1.807) is 31.9 Å². The van der Waals surface area contributed by atoms with E-state index in [1.165, 1.54) is 0 Å². The van der Waals surface area contributed by atoms with Crippen molar-refractivity contribution >= 4 is 17.5 Å². The van der Waals surface area contributed by atoms with Gasteiger partial charge in [-0.15, -0.1) is 0 Å². The highest BCUT2D eigenvalue weighted by atomic mass is 32.2. The smallest absolute Gasteiger partial charge is 0.159 e. The summed E-state index contributed by atoms with van der Waals surface area (Å²) in [5.74, 6) is 1.71. The molecule has 0 fully saturated rings. The first-order valence-electron chi connectivity index (χ1n) is 5.58. The fraction of sp³-hybridized carbons (Fsp3) is 0.462. The Balaban J connectivity index is 2.86. The van der Waals surface area contributed by atoms with E-state index in [0.717, 1.165) is 22.6 Å². The molecule has 1 aromatic carbocycles. The summed E-state index contributed by atoms with van der Waals surface area (Å²) in [4.78, 5) is 11.3. The third-order valence-electron chi connectivity index (χ3n) is 2.54. The van der Waals surface area contributed by atoms with Crippen molar-refractivity contribution in [3.8, 4) is 5.75 Å². The van der Waals surface area contributed by atoms with Crippen LogP contribution in [0.5, 0.6) is 5.75 Å². The van der Waals surface area contributed by atoms with Gasteiger partial charge < -0.3 is 10.5 Å². The lowest BCUT2D eigenvalue weighted by Gasteiger charge is -2.12. The molecule has 2 N–H and O–H groups in total. The quantitative estimate of drug-likeness (QED) is 0.791. The van der Waals surface area contributed by atoms with Crippen molar-refractivity contribution in [3.63, 3.8) is 0 Å². The van der Waals surface area contributed by atoms with Crippen LogP contribution >= 0.6 is 11.8 Å². The van der Waals surface area contributed by atoms with Crippen LogP contribution in [0.1, 0.15) is 29.8 Å². The molecule has 0 bridgehead atoms. The largest absolute Gasteiger partial charge is 0.496 e.